The number of nitrogens with zero attached hydrogens (tertiary/aromatic N) is 3. The molecule has 0 radical (unpaired) electrons. The van der Waals surface area contributed by atoms with Crippen LogP contribution in [0.25, 0.3) is 21.8 Å². The van der Waals surface area contributed by atoms with E-state index in [1.165, 1.54) is 121 Å². The van der Waals surface area contributed by atoms with Gasteiger partial charge in [0.05, 0.1) is 19.3 Å². The first-order valence-electron chi connectivity index (χ1n) is 32.9. The summed E-state index contributed by atoms with van der Waals surface area (Å²) in [6.45, 7) is -0.403. The number of imidazole rings is 1. The van der Waals surface area contributed by atoms with E-state index in [2.05, 4.69) is 57.2 Å². The van der Waals surface area contributed by atoms with Gasteiger partial charge >= 0.3 is 5.97 Å². The number of nitrogens with one attached hydrogen (secondary N) is 10. The number of amides is 10. The lowest BCUT2D eigenvalue weighted by Gasteiger charge is -2.35. The zero-order valence-electron chi connectivity index (χ0n) is 55.2. The van der Waals surface area contributed by atoms with Crippen LogP contribution in [0.3, 0.4) is 0 Å². The maximum atomic E-state index is 15.3. The molecule has 0 aliphatic carbocycles. The van der Waals surface area contributed by atoms with Gasteiger partial charge in [0, 0.05) is 115 Å². The lowest BCUT2D eigenvalue weighted by molar-refractivity contribution is -0.149. The molecule has 7 aromatic rings. The first-order chi connectivity index (χ1) is 48.5. The van der Waals surface area contributed by atoms with E-state index in [0.717, 1.165) is 16.0 Å². The molecular weight excluding hydrogens is 1350 g/mol. The molecule has 10 amide bonds. The normalized spacial score (nSPS) is 22.1. The molecule has 101 heavy (non-hydrogen) atoms. The van der Waals surface area contributed by atoms with E-state index in [-0.39, 0.29) is 73.2 Å². The number of phenols is 1. The van der Waals surface area contributed by atoms with Crippen LogP contribution in [-0.4, -0.2) is 192 Å². The topological polar surface area (TPSA) is 431 Å². The van der Waals surface area contributed by atoms with Gasteiger partial charge in [-0.2, -0.15) is 23.5 Å². The minimum absolute atomic E-state index is 0.0107. The van der Waals surface area contributed by atoms with Gasteiger partial charge < -0.3 is 83.6 Å². The molecule has 5 heterocycles. The Morgan fingerprint density at radius 1 is 0.653 bits per heavy atom. The third kappa shape index (κ3) is 20.9. The minimum atomic E-state index is -2.04. The first kappa shape index (κ1) is 74.9. The smallest absolute Gasteiger partial charge is 0.305 e. The molecule has 3 aromatic heterocycles. The number of carbonyl (C=O) groups is 11. The molecule has 2 aliphatic rings. The van der Waals surface area contributed by atoms with Gasteiger partial charge in [-0.1, -0.05) is 36.4 Å². The van der Waals surface area contributed by atoms with Gasteiger partial charge in [-0.3, -0.25) is 52.7 Å². The van der Waals surface area contributed by atoms with E-state index >= 15 is 19.2 Å². The largest absolute Gasteiger partial charge is 0.508 e. The highest BCUT2D eigenvalue weighted by atomic mass is 32.2. The van der Waals surface area contributed by atoms with Crippen molar-refractivity contribution in [1.82, 2.24) is 67.0 Å². The number of likely N-dealkylation sites (N-methyl/N-ethyl adjacent to an activating group) is 1. The van der Waals surface area contributed by atoms with Crippen LogP contribution in [0.4, 0.5) is 8.78 Å². The van der Waals surface area contributed by atoms with Crippen LogP contribution >= 0.6 is 23.5 Å². The molecule has 1 saturated heterocycles. The molecule has 8 atom stereocenters. The molecule has 9 rings (SSSR count). The summed E-state index contributed by atoms with van der Waals surface area (Å²) in [6, 6.07) is 9.03. The third-order valence-corrected chi connectivity index (χ3v) is 19.6. The number of hydrogen-bond acceptors (Lipinski definition) is 16. The number of aliphatic carboxylic acids is 1. The fourth-order valence-corrected chi connectivity index (χ4v) is 14.0. The number of primary amides is 1. The Balaban J connectivity index is 1.06. The van der Waals surface area contributed by atoms with Gasteiger partial charge in [-0.05, 0) is 115 Å². The lowest BCUT2D eigenvalue weighted by Crippen LogP contribution is -2.61. The van der Waals surface area contributed by atoms with E-state index in [1.807, 2.05) is 24.3 Å². The number of carbonyl (C=O) groups excluding carboxylic acids is 10. The number of phenolic OH excluding ortho intramolecular Hbond substituents is 1. The van der Waals surface area contributed by atoms with Crippen LogP contribution in [0.5, 0.6) is 5.75 Å². The number of H-pyrrole nitrogens is 3. The van der Waals surface area contributed by atoms with Crippen LogP contribution in [0.2, 0.25) is 0 Å². The van der Waals surface area contributed by atoms with E-state index in [0.29, 0.717) is 70.6 Å². The van der Waals surface area contributed by atoms with Gasteiger partial charge in [-0.15, -0.1) is 0 Å². The molecule has 2 aliphatic heterocycles. The molecule has 0 unspecified atom stereocenters. The van der Waals surface area contributed by atoms with E-state index in [1.54, 1.807) is 0 Å². The molecule has 16 N–H and O–H groups in total. The van der Waals surface area contributed by atoms with Gasteiger partial charge in [-0.25, -0.2) is 13.8 Å². The van der Waals surface area contributed by atoms with Crippen molar-refractivity contribution < 1.29 is 71.7 Å². The average molecular weight is 1430 g/mol. The Kier molecular flexibility index (Phi) is 26.4. The molecule has 536 valence electrons. The Bertz CT molecular complexity index is 4140. The zero-order chi connectivity index (χ0) is 72.3. The molecule has 4 aromatic carbocycles. The second-order valence-corrected chi connectivity index (χ2v) is 27.0. The second kappa shape index (κ2) is 35.6. The monoisotopic (exact) mass is 1430 g/mol. The second-order valence-electron chi connectivity index (χ2n) is 24.8. The molecule has 0 spiro atoms. The number of carboxylic acid groups (broad SMARTS) is 1. The molecule has 32 heteroatoms. The van der Waals surface area contributed by atoms with Crippen LogP contribution < -0.4 is 48.7 Å². The summed E-state index contributed by atoms with van der Waals surface area (Å²) >= 11 is 2.79. The summed E-state index contributed by atoms with van der Waals surface area (Å²) in [7, 11) is 1.29. The number of carboxylic acids is 1. The van der Waals surface area contributed by atoms with Crippen LogP contribution in [-0.2, 0) is 89.9 Å². The number of benzene rings is 4. The number of nitrogens with two attached hydrogens (primary N) is 2. The lowest BCUT2D eigenvalue weighted by atomic mass is 10.0. The molecule has 2 bridgehead atoms. The Hall–Kier alpha value is -10.3. The fraction of sp³-hybridized carbons (Fsp3) is 0.391. The number of halogens is 2. The predicted octanol–water partition coefficient (Wildman–Crippen LogP) is 2.13. The van der Waals surface area contributed by atoms with Gasteiger partial charge in [0.1, 0.15) is 65.7 Å². The highest BCUT2D eigenvalue weighted by Crippen LogP contribution is 2.27. The number of aromatic hydroxyl groups is 1. The van der Waals surface area contributed by atoms with Crippen molar-refractivity contribution in [3.8, 4) is 5.75 Å². The maximum absolute atomic E-state index is 15.3. The average Bonchev–Trinajstić information content (AvgIpc) is 1.77. The highest BCUT2D eigenvalue weighted by Gasteiger charge is 2.43. The van der Waals surface area contributed by atoms with E-state index in [4.69, 9.17) is 11.5 Å². The zero-order valence-corrected chi connectivity index (χ0v) is 56.8. The van der Waals surface area contributed by atoms with Gasteiger partial charge in [0.25, 0.3) is 0 Å². The first-order valence-corrected chi connectivity index (χ1v) is 35.2. The van der Waals surface area contributed by atoms with Crippen molar-refractivity contribution in [2.45, 2.75) is 130 Å². The summed E-state index contributed by atoms with van der Waals surface area (Å²) in [5, 5.41) is 39.5. The SMILES string of the molecule is CN1C(=O)[C@H](Cc2cnc[nH]2)NC(=O)[C@H](CC(=O)O)NC(=O)[C@H](Cc2c[nH]c3ccc(F)cc23)NC(=O)[C@H](Cc2c[nH]c3ccc(F)cc23)NC(=O)CNC(=O)[C@H](CCCCN)NC(=O)CCSCc2cccc(c2)CSC[C@@H](C(N)=O)NC(=O)[C@@H]2CCCN2C(=O)[C@@H]1Cc1ccc(O)cc1. The summed E-state index contributed by atoms with van der Waals surface area (Å²) in [4.78, 5) is 173. The van der Waals surface area contributed by atoms with Crippen LogP contribution in [0.1, 0.15) is 78.5 Å². The summed E-state index contributed by atoms with van der Waals surface area (Å²) in [6.07, 6.45) is 4.59. The summed E-state index contributed by atoms with van der Waals surface area (Å²) in [5.41, 5.74) is 15.6. The van der Waals surface area contributed by atoms with Crippen molar-refractivity contribution in [3.05, 3.63) is 155 Å². The maximum Gasteiger partial charge on any atom is 0.305 e. The van der Waals surface area contributed by atoms with Crippen molar-refractivity contribution in [2.24, 2.45) is 11.5 Å². The minimum Gasteiger partial charge on any atom is -0.508 e. The van der Waals surface area contributed by atoms with E-state index < -0.39 is 144 Å². The van der Waals surface area contributed by atoms with Crippen LogP contribution in [0, 0.1) is 11.6 Å². The predicted molar refractivity (Wildman–Crippen MR) is 372 cm³/mol. The van der Waals surface area contributed by atoms with Crippen molar-refractivity contribution in [3.63, 3.8) is 0 Å². The van der Waals surface area contributed by atoms with Gasteiger partial charge in [0.15, 0.2) is 0 Å². The summed E-state index contributed by atoms with van der Waals surface area (Å²) < 4.78 is 29.8. The number of thioether (sulfide) groups is 2. The fourth-order valence-electron chi connectivity index (χ4n) is 12.1. The van der Waals surface area contributed by atoms with Gasteiger partial charge in [0.2, 0.25) is 59.1 Å². The van der Waals surface area contributed by atoms with Crippen LogP contribution in [0.15, 0.2) is 110 Å². The quantitative estimate of drug-likeness (QED) is 0.0654. The Labute approximate surface area is 587 Å². The highest BCUT2D eigenvalue weighted by molar-refractivity contribution is 7.98. The number of hydrogen-bond donors (Lipinski definition) is 14. The number of rotatable bonds is 15. The van der Waals surface area contributed by atoms with Crippen molar-refractivity contribution >= 4 is 110 Å². The Morgan fingerprint density at radius 3 is 1.89 bits per heavy atom. The number of fused-ring (bicyclic) bond motifs is 5. The van der Waals surface area contributed by atoms with E-state index in [9.17, 15) is 52.6 Å². The molecular formula is C69H81F2N15O13S2. The number of aromatic amines is 3. The van der Waals surface area contributed by atoms with Crippen molar-refractivity contribution in [1.29, 1.82) is 0 Å². The van der Waals surface area contributed by atoms with Crippen molar-refractivity contribution in [2.75, 3.05) is 38.2 Å². The summed E-state index contributed by atoms with van der Waals surface area (Å²) in [5.74, 6) is -10.5. The third-order valence-electron chi connectivity index (χ3n) is 17.5. The number of unbranched alkanes of at least 4 members (excludes halogenated alkanes) is 1. The Morgan fingerprint density at radius 2 is 1.27 bits per heavy atom. The molecule has 28 nitrogen and oxygen atoms in total. The molecule has 1 fully saturated rings. The number of aromatic nitrogens is 4. The molecule has 0 saturated carbocycles. The standard InChI is InChI=1S/C69H81F2N15O13S2/c1-85-58(23-38-10-14-46(87)15-11-38)69(99)86-20-5-9-57(86)67(97)84-56(62(73)92)36-101-35-40-7-4-6-39(22-40)34-100-21-18-59(88)79-51(8-2-3-19-72)63(93)77-33-60(89)80-52(24-41-30-75-49-16-12-43(70)26-47(41)49)64(94)81-53(25-42-31-76-50-17-13-44(71)27-48(42)50)65(95)82-54(29-61(90)91)66(96)83-55(68(85)98)28-45-32-74-37-78-45/h4,6-7,10-17,22,26-27,30-32,37,51-58,75-76,87H,2-3,5,8-9,18-21,23-25,28-29,33-36,72H2,1H3,(H2,73,92)(H,74,78)(H,77,93)(H,79,88)(H,80,89)(H,81,94)(H,82,95)(H,83,96)(H,84,97)(H,90,91)/t51-,52-,53-,54-,55-,56-,57-,58-/m0/s1.